The van der Waals surface area contributed by atoms with Crippen molar-refractivity contribution in [2.75, 3.05) is 13.1 Å². The topological polar surface area (TPSA) is 80.3 Å². The maximum Gasteiger partial charge on any atom is 0.216 e. The van der Waals surface area contributed by atoms with E-state index in [0.717, 1.165) is 49.2 Å². The van der Waals surface area contributed by atoms with Gasteiger partial charge in [-0.05, 0) is 47.1 Å². The van der Waals surface area contributed by atoms with Crippen LogP contribution in [0.2, 0.25) is 0 Å². The Morgan fingerprint density at radius 3 is 2.62 bits per heavy atom. The summed E-state index contributed by atoms with van der Waals surface area (Å²) in [4.78, 5) is 8.87. The standard InChI is InChI=1S/C17H28N6O/c1-6-18-17(20-11-16-21-14(4)15(5)24-16)19-8-7-9-23-13(3)10-12(2)22-23/h10H,6-9,11H2,1-5H3,(H2,18,19,20). The molecule has 2 rings (SSSR count). The molecule has 0 amide bonds. The normalized spacial score (nSPS) is 11.8. The summed E-state index contributed by atoms with van der Waals surface area (Å²) < 4.78 is 7.60. The predicted octanol–water partition coefficient (Wildman–Crippen LogP) is 2.25. The molecule has 0 aromatic carbocycles. The highest BCUT2D eigenvalue weighted by atomic mass is 16.4. The average Bonchev–Trinajstić information content (AvgIpc) is 3.02. The van der Waals surface area contributed by atoms with E-state index in [1.54, 1.807) is 0 Å². The lowest BCUT2D eigenvalue weighted by atomic mass is 10.4. The fraction of sp³-hybridized carbons (Fsp3) is 0.588. The van der Waals surface area contributed by atoms with Crippen molar-refractivity contribution in [3.05, 3.63) is 34.8 Å². The highest BCUT2D eigenvalue weighted by Crippen LogP contribution is 2.08. The van der Waals surface area contributed by atoms with Crippen LogP contribution in [0.25, 0.3) is 0 Å². The quantitative estimate of drug-likeness (QED) is 0.462. The van der Waals surface area contributed by atoms with Gasteiger partial charge in [0.25, 0.3) is 0 Å². The van der Waals surface area contributed by atoms with Crippen molar-refractivity contribution in [2.24, 2.45) is 4.99 Å². The summed E-state index contributed by atoms with van der Waals surface area (Å²) in [5.41, 5.74) is 3.18. The molecule has 7 heteroatoms. The molecular weight excluding hydrogens is 304 g/mol. The smallest absolute Gasteiger partial charge is 0.216 e. The summed E-state index contributed by atoms with van der Waals surface area (Å²) >= 11 is 0. The number of hydrogen-bond acceptors (Lipinski definition) is 4. The molecule has 0 bridgehead atoms. The fourth-order valence-corrected chi connectivity index (χ4v) is 2.43. The molecule has 0 radical (unpaired) electrons. The van der Waals surface area contributed by atoms with E-state index in [2.05, 4.69) is 38.7 Å². The Balaban J connectivity index is 1.81. The number of aromatic nitrogens is 3. The van der Waals surface area contributed by atoms with Crippen LogP contribution in [0.15, 0.2) is 15.5 Å². The molecule has 24 heavy (non-hydrogen) atoms. The number of guanidine groups is 1. The van der Waals surface area contributed by atoms with E-state index in [1.165, 1.54) is 5.69 Å². The second-order valence-corrected chi connectivity index (χ2v) is 5.87. The molecule has 0 fully saturated rings. The number of nitrogens with one attached hydrogen (secondary N) is 2. The lowest BCUT2D eigenvalue weighted by Crippen LogP contribution is -2.38. The average molecular weight is 332 g/mol. The van der Waals surface area contributed by atoms with Gasteiger partial charge in [0.2, 0.25) is 5.89 Å². The summed E-state index contributed by atoms with van der Waals surface area (Å²) in [6, 6.07) is 2.10. The Morgan fingerprint density at radius 2 is 2.04 bits per heavy atom. The zero-order valence-corrected chi connectivity index (χ0v) is 15.3. The van der Waals surface area contributed by atoms with Crippen LogP contribution in [0.3, 0.4) is 0 Å². The van der Waals surface area contributed by atoms with Gasteiger partial charge in [-0.25, -0.2) is 9.98 Å². The maximum absolute atomic E-state index is 5.56. The van der Waals surface area contributed by atoms with Gasteiger partial charge in [0.05, 0.1) is 11.4 Å². The Kier molecular flexibility index (Phi) is 6.40. The number of aryl methyl sites for hydroxylation is 5. The van der Waals surface area contributed by atoms with Crippen LogP contribution < -0.4 is 10.6 Å². The third-order valence-electron chi connectivity index (χ3n) is 3.73. The van der Waals surface area contributed by atoms with Crippen LogP contribution in [-0.4, -0.2) is 33.8 Å². The van der Waals surface area contributed by atoms with Crippen molar-refractivity contribution in [1.29, 1.82) is 0 Å². The van der Waals surface area contributed by atoms with E-state index >= 15 is 0 Å². The van der Waals surface area contributed by atoms with Gasteiger partial charge >= 0.3 is 0 Å². The van der Waals surface area contributed by atoms with Gasteiger partial charge < -0.3 is 15.1 Å². The lowest BCUT2D eigenvalue weighted by molar-refractivity contribution is 0.472. The summed E-state index contributed by atoms with van der Waals surface area (Å²) in [5, 5.41) is 11.0. The van der Waals surface area contributed by atoms with E-state index in [9.17, 15) is 0 Å². The molecule has 0 saturated heterocycles. The van der Waals surface area contributed by atoms with E-state index in [0.29, 0.717) is 12.4 Å². The van der Waals surface area contributed by atoms with Gasteiger partial charge in [0.1, 0.15) is 12.3 Å². The van der Waals surface area contributed by atoms with Crippen LogP contribution in [-0.2, 0) is 13.1 Å². The minimum atomic E-state index is 0.432. The maximum atomic E-state index is 5.56. The Bertz CT molecular complexity index is 666. The fourth-order valence-electron chi connectivity index (χ4n) is 2.43. The molecule has 2 aromatic rings. The molecule has 132 valence electrons. The number of rotatable bonds is 7. The molecule has 0 spiro atoms. The van der Waals surface area contributed by atoms with E-state index in [1.807, 2.05) is 32.4 Å². The van der Waals surface area contributed by atoms with Crippen molar-refractivity contribution in [3.63, 3.8) is 0 Å². The molecule has 0 aliphatic carbocycles. The molecule has 0 atom stereocenters. The van der Waals surface area contributed by atoms with Crippen LogP contribution in [0, 0.1) is 27.7 Å². The van der Waals surface area contributed by atoms with Crippen LogP contribution in [0.4, 0.5) is 0 Å². The van der Waals surface area contributed by atoms with Gasteiger partial charge in [-0.2, -0.15) is 5.10 Å². The first kappa shape index (κ1) is 18.0. The molecule has 2 N–H and O–H groups in total. The molecule has 2 heterocycles. The largest absolute Gasteiger partial charge is 0.444 e. The third-order valence-corrected chi connectivity index (χ3v) is 3.73. The van der Waals surface area contributed by atoms with Crippen molar-refractivity contribution >= 4 is 5.96 Å². The molecule has 2 aromatic heterocycles. The first-order chi connectivity index (χ1) is 11.5. The predicted molar refractivity (Wildman–Crippen MR) is 95.1 cm³/mol. The summed E-state index contributed by atoms with van der Waals surface area (Å²) in [6.45, 7) is 13.0. The van der Waals surface area contributed by atoms with Gasteiger partial charge in [-0.1, -0.05) is 0 Å². The molecular formula is C17H28N6O. The number of nitrogens with zero attached hydrogens (tertiary/aromatic N) is 4. The second-order valence-electron chi connectivity index (χ2n) is 5.87. The third kappa shape index (κ3) is 5.11. The minimum Gasteiger partial charge on any atom is -0.444 e. The summed E-state index contributed by atoms with van der Waals surface area (Å²) in [6.07, 6.45) is 0.976. The Labute approximate surface area is 143 Å². The zero-order valence-electron chi connectivity index (χ0n) is 15.3. The molecule has 0 unspecified atom stereocenters. The SMILES string of the molecule is CCNC(=NCc1nc(C)c(C)o1)NCCCn1nc(C)cc1C. The first-order valence-electron chi connectivity index (χ1n) is 8.45. The van der Waals surface area contributed by atoms with E-state index < -0.39 is 0 Å². The zero-order chi connectivity index (χ0) is 17.5. The molecule has 0 saturated carbocycles. The summed E-state index contributed by atoms with van der Waals surface area (Å²) in [7, 11) is 0. The molecule has 7 nitrogen and oxygen atoms in total. The number of oxazole rings is 1. The number of hydrogen-bond donors (Lipinski definition) is 2. The van der Waals surface area contributed by atoms with E-state index in [-0.39, 0.29) is 0 Å². The monoisotopic (exact) mass is 332 g/mol. The van der Waals surface area contributed by atoms with Crippen molar-refractivity contribution in [2.45, 2.75) is 54.1 Å². The van der Waals surface area contributed by atoms with Crippen molar-refractivity contribution < 1.29 is 4.42 Å². The molecule has 0 aliphatic heterocycles. The highest BCUT2D eigenvalue weighted by Gasteiger charge is 2.05. The van der Waals surface area contributed by atoms with Gasteiger partial charge in [0, 0.05) is 25.3 Å². The van der Waals surface area contributed by atoms with Crippen molar-refractivity contribution in [1.82, 2.24) is 25.4 Å². The molecule has 0 aliphatic rings. The van der Waals surface area contributed by atoms with Crippen LogP contribution in [0.5, 0.6) is 0 Å². The second kappa shape index (κ2) is 8.52. The van der Waals surface area contributed by atoms with Gasteiger partial charge in [-0.15, -0.1) is 0 Å². The van der Waals surface area contributed by atoms with Crippen LogP contribution >= 0.6 is 0 Å². The lowest BCUT2D eigenvalue weighted by Gasteiger charge is -2.11. The van der Waals surface area contributed by atoms with Crippen LogP contribution in [0.1, 0.15) is 42.1 Å². The summed E-state index contributed by atoms with van der Waals surface area (Å²) in [5.74, 6) is 2.27. The highest BCUT2D eigenvalue weighted by molar-refractivity contribution is 5.79. The van der Waals surface area contributed by atoms with Crippen molar-refractivity contribution in [3.8, 4) is 0 Å². The first-order valence-corrected chi connectivity index (χ1v) is 8.45. The minimum absolute atomic E-state index is 0.432. The Hall–Kier alpha value is -2.31. The Morgan fingerprint density at radius 1 is 1.25 bits per heavy atom. The van der Waals surface area contributed by atoms with Gasteiger partial charge in [-0.3, -0.25) is 4.68 Å². The number of aliphatic imine (C=N–C) groups is 1. The van der Waals surface area contributed by atoms with Gasteiger partial charge in [0.15, 0.2) is 5.96 Å². The van der Waals surface area contributed by atoms with E-state index in [4.69, 9.17) is 4.42 Å².